The minimum Gasteiger partial charge on any atom is -0.330 e. The Morgan fingerprint density at radius 1 is 1.00 bits per heavy atom. The Morgan fingerprint density at radius 2 is 1.54 bits per heavy atom. The smallest absolute Gasteiger partial charge is 0.330 e. The normalized spacial score (nSPS) is 10.0. The Morgan fingerprint density at radius 3 is 2.04 bits per heavy atom. The van der Waals surface area contributed by atoms with Crippen molar-refractivity contribution in [2.24, 2.45) is 5.73 Å². The van der Waals surface area contributed by atoms with Crippen molar-refractivity contribution in [3.8, 4) is 0 Å². The summed E-state index contributed by atoms with van der Waals surface area (Å²) >= 11 is 0. The predicted octanol–water partition coefficient (Wildman–Crippen LogP) is 0.366. The minimum absolute atomic E-state index is 0.0266. The summed E-state index contributed by atoms with van der Waals surface area (Å²) in [5.41, 5.74) is 4.92. The maximum Gasteiger partial charge on any atom is 0.382 e. The van der Waals surface area contributed by atoms with Crippen LogP contribution in [0.3, 0.4) is 0 Å². The second-order valence-corrected chi connectivity index (χ2v) is 5.25. The molecule has 26 heavy (non-hydrogen) atoms. The maximum atomic E-state index is 12.1. The summed E-state index contributed by atoms with van der Waals surface area (Å²) in [5.74, 6) is -1.57. The lowest BCUT2D eigenvalue weighted by molar-refractivity contribution is 0.0408. The zero-order chi connectivity index (χ0) is 18.9. The second kappa shape index (κ2) is 9.08. The van der Waals surface area contributed by atoms with E-state index in [0.717, 1.165) is 9.46 Å². The van der Waals surface area contributed by atoms with Crippen LogP contribution in [0.2, 0.25) is 0 Å². The van der Waals surface area contributed by atoms with Crippen molar-refractivity contribution in [1.29, 1.82) is 0 Å². The van der Waals surface area contributed by atoms with E-state index >= 15 is 0 Å². The average Bonchev–Trinajstić information content (AvgIpc) is 3.28. The molecule has 0 aliphatic heterocycles. The molecular weight excluding hydrogens is 340 g/mol. The fraction of sp³-hybridized carbons (Fsp3) is 0.188. The van der Waals surface area contributed by atoms with Gasteiger partial charge in [0.1, 0.15) is 12.7 Å². The Balaban J connectivity index is 0.000000552. The van der Waals surface area contributed by atoms with E-state index in [0.29, 0.717) is 6.04 Å². The molecule has 0 saturated heterocycles. The number of pyridine rings is 1. The lowest BCUT2D eigenvalue weighted by Crippen LogP contribution is -2.25. The highest BCUT2D eigenvalue weighted by atomic mass is 16.7. The molecule has 3 heterocycles. The number of nitrogens with zero attached hydrogens (tertiary/aromatic N) is 5. The van der Waals surface area contributed by atoms with E-state index in [9.17, 15) is 9.59 Å². The Labute approximate surface area is 149 Å². The summed E-state index contributed by atoms with van der Waals surface area (Å²) in [5, 5.41) is 0. The highest BCUT2D eigenvalue weighted by Crippen LogP contribution is 2.07. The number of carbonyl (C=O) groups excluding carboxylic acids is 2. The Bertz CT molecular complexity index is 760. The van der Waals surface area contributed by atoms with Crippen LogP contribution in [0.4, 0.5) is 0 Å². The molecule has 0 atom stereocenters. The van der Waals surface area contributed by atoms with Gasteiger partial charge in [-0.1, -0.05) is 13.8 Å². The molecule has 0 fully saturated rings. The molecule has 0 aromatic carbocycles. The highest BCUT2D eigenvalue weighted by Gasteiger charge is 2.22. The van der Waals surface area contributed by atoms with Crippen LogP contribution in [0, 0.1) is 0 Å². The molecule has 0 spiro atoms. The van der Waals surface area contributed by atoms with Crippen molar-refractivity contribution in [3.05, 3.63) is 67.0 Å². The van der Waals surface area contributed by atoms with Gasteiger partial charge in [0.2, 0.25) is 0 Å². The molecular formula is C16H18N6O4. The third-order valence-electron chi connectivity index (χ3n) is 2.56. The Hall–Kier alpha value is -3.53. The fourth-order valence-corrected chi connectivity index (χ4v) is 1.62. The zero-order valence-corrected chi connectivity index (χ0v) is 14.2. The SMILES string of the molecule is CC(C)N.O=C(On1ccnc1)c1cccnc1C(=O)On1ccnc1. The van der Waals surface area contributed by atoms with Gasteiger partial charge in [-0.3, -0.25) is 0 Å². The fourth-order valence-electron chi connectivity index (χ4n) is 1.62. The number of nitrogens with two attached hydrogens (primary N) is 1. The monoisotopic (exact) mass is 358 g/mol. The summed E-state index contributed by atoms with van der Waals surface area (Å²) < 4.78 is 2.21. The molecule has 0 aliphatic rings. The molecule has 10 heteroatoms. The molecule has 136 valence electrons. The first-order valence-electron chi connectivity index (χ1n) is 7.59. The van der Waals surface area contributed by atoms with Gasteiger partial charge in [-0.2, -0.15) is 9.46 Å². The van der Waals surface area contributed by atoms with Crippen LogP contribution in [0.15, 0.2) is 55.8 Å². The van der Waals surface area contributed by atoms with E-state index in [1.165, 1.54) is 55.8 Å². The van der Waals surface area contributed by atoms with Crippen LogP contribution < -0.4 is 15.4 Å². The molecule has 3 rings (SSSR count). The molecule has 3 aromatic rings. The second-order valence-electron chi connectivity index (χ2n) is 5.25. The zero-order valence-electron chi connectivity index (χ0n) is 14.2. The molecule has 0 amide bonds. The largest absolute Gasteiger partial charge is 0.382 e. The van der Waals surface area contributed by atoms with Gasteiger partial charge in [-0.25, -0.2) is 24.5 Å². The van der Waals surface area contributed by atoms with Crippen molar-refractivity contribution in [3.63, 3.8) is 0 Å². The molecule has 0 radical (unpaired) electrons. The van der Waals surface area contributed by atoms with E-state index in [2.05, 4.69) is 15.0 Å². The average molecular weight is 358 g/mol. The van der Waals surface area contributed by atoms with E-state index in [4.69, 9.17) is 15.4 Å². The molecule has 3 aromatic heterocycles. The molecule has 0 saturated carbocycles. The van der Waals surface area contributed by atoms with E-state index < -0.39 is 11.9 Å². The quantitative estimate of drug-likeness (QED) is 0.708. The summed E-state index contributed by atoms with van der Waals surface area (Å²) in [6.45, 7) is 3.89. The van der Waals surface area contributed by atoms with Gasteiger partial charge < -0.3 is 15.4 Å². The first kappa shape index (κ1) is 18.8. The number of imidazole rings is 2. The van der Waals surface area contributed by atoms with E-state index in [1.54, 1.807) is 0 Å². The topological polar surface area (TPSA) is 127 Å². The lowest BCUT2D eigenvalue weighted by Gasteiger charge is -2.07. The molecule has 0 unspecified atom stereocenters. The van der Waals surface area contributed by atoms with Gasteiger partial charge >= 0.3 is 11.9 Å². The van der Waals surface area contributed by atoms with Gasteiger partial charge in [0, 0.05) is 18.6 Å². The van der Waals surface area contributed by atoms with Crippen LogP contribution >= 0.6 is 0 Å². The number of hydrogen-bond acceptors (Lipinski definition) is 8. The van der Waals surface area contributed by atoms with Crippen molar-refractivity contribution in [2.45, 2.75) is 19.9 Å². The maximum absolute atomic E-state index is 12.1. The first-order valence-corrected chi connectivity index (χ1v) is 7.59. The molecule has 0 aliphatic carbocycles. The van der Waals surface area contributed by atoms with Gasteiger partial charge in [0.25, 0.3) is 0 Å². The molecule has 10 nitrogen and oxygen atoms in total. The number of rotatable bonds is 4. The summed E-state index contributed by atoms with van der Waals surface area (Å²) in [7, 11) is 0. The van der Waals surface area contributed by atoms with Crippen LogP contribution in [0.5, 0.6) is 0 Å². The van der Waals surface area contributed by atoms with Crippen molar-refractivity contribution in [2.75, 3.05) is 0 Å². The number of aromatic nitrogens is 5. The summed E-state index contributed by atoms with van der Waals surface area (Å²) in [6, 6.07) is 3.26. The highest BCUT2D eigenvalue weighted by molar-refractivity contribution is 6.01. The van der Waals surface area contributed by atoms with E-state index in [-0.39, 0.29) is 11.3 Å². The number of hydrogen-bond donors (Lipinski definition) is 1. The summed E-state index contributed by atoms with van der Waals surface area (Å²) in [4.78, 5) is 45.5. The van der Waals surface area contributed by atoms with Crippen LogP contribution in [0.1, 0.15) is 34.7 Å². The molecule has 0 bridgehead atoms. The third kappa shape index (κ3) is 5.53. The summed E-state index contributed by atoms with van der Waals surface area (Å²) in [6.07, 6.45) is 9.74. The molecule has 2 N–H and O–H groups in total. The van der Waals surface area contributed by atoms with Gasteiger partial charge in [-0.15, -0.1) is 0 Å². The Kier molecular flexibility index (Phi) is 6.57. The minimum atomic E-state index is -0.809. The van der Waals surface area contributed by atoms with Crippen LogP contribution in [-0.2, 0) is 0 Å². The third-order valence-corrected chi connectivity index (χ3v) is 2.56. The van der Waals surface area contributed by atoms with Crippen molar-refractivity contribution >= 4 is 11.9 Å². The van der Waals surface area contributed by atoms with Crippen molar-refractivity contribution < 1.29 is 19.3 Å². The van der Waals surface area contributed by atoms with E-state index in [1.807, 2.05) is 13.8 Å². The van der Waals surface area contributed by atoms with Gasteiger partial charge in [0.05, 0.1) is 18.0 Å². The standard InChI is InChI=1S/C13H9N5O4.C3H9N/c19-12(21-17-6-4-14-8-17)10-2-1-3-16-11(10)13(20)22-18-7-5-15-9-18;1-3(2)4/h1-9H;3H,4H2,1-2H3. The number of carbonyl (C=O) groups is 2. The van der Waals surface area contributed by atoms with Gasteiger partial charge in [-0.05, 0) is 18.2 Å². The van der Waals surface area contributed by atoms with Crippen LogP contribution in [0.25, 0.3) is 0 Å². The predicted molar refractivity (Wildman–Crippen MR) is 89.8 cm³/mol. The van der Waals surface area contributed by atoms with Crippen molar-refractivity contribution in [1.82, 2.24) is 24.4 Å². The lowest BCUT2D eigenvalue weighted by atomic mass is 10.2. The van der Waals surface area contributed by atoms with Crippen LogP contribution in [-0.4, -0.2) is 42.4 Å². The first-order chi connectivity index (χ1) is 12.5. The van der Waals surface area contributed by atoms with Gasteiger partial charge in [0.15, 0.2) is 5.69 Å².